The fourth-order valence-corrected chi connectivity index (χ4v) is 2.13. The molecule has 3 heteroatoms. The summed E-state index contributed by atoms with van der Waals surface area (Å²) in [6, 6.07) is 9.74. The van der Waals surface area contributed by atoms with Crippen molar-refractivity contribution in [1.82, 2.24) is 4.90 Å². The van der Waals surface area contributed by atoms with Crippen molar-refractivity contribution in [2.45, 2.75) is 26.8 Å². The molecule has 1 aromatic carbocycles. The second kappa shape index (κ2) is 3.99. The highest BCUT2D eigenvalue weighted by Crippen LogP contribution is 2.33. The van der Waals surface area contributed by atoms with Crippen LogP contribution < -0.4 is 0 Å². The minimum atomic E-state index is -0.858. The second-order valence-electron chi connectivity index (χ2n) is 5.07. The average molecular weight is 231 g/mol. The molecule has 0 N–H and O–H groups in total. The van der Waals surface area contributed by atoms with E-state index >= 15 is 0 Å². The molecule has 0 saturated carbocycles. The number of likely N-dealkylation sites (tertiary alicyclic amines) is 1. The van der Waals surface area contributed by atoms with Crippen molar-refractivity contribution < 1.29 is 9.59 Å². The van der Waals surface area contributed by atoms with E-state index in [9.17, 15) is 9.59 Å². The third-order valence-corrected chi connectivity index (χ3v) is 3.56. The lowest BCUT2D eigenvalue weighted by molar-refractivity contribution is -0.138. The Morgan fingerprint density at radius 3 is 2.24 bits per heavy atom. The zero-order valence-corrected chi connectivity index (χ0v) is 10.4. The zero-order valence-electron chi connectivity index (χ0n) is 10.4. The highest BCUT2D eigenvalue weighted by molar-refractivity contribution is 6.12. The Labute approximate surface area is 101 Å². The summed E-state index contributed by atoms with van der Waals surface area (Å²) in [5.41, 5.74) is 0.203. The van der Waals surface area contributed by atoms with Crippen molar-refractivity contribution in [2.75, 3.05) is 6.54 Å². The Balaban J connectivity index is 2.26. The van der Waals surface area contributed by atoms with E-state index in [1.54, 1.807) is 18.7 Å². The second-order valence-corrected chi connectivity index (χ2v) is 5.07. The molecule has 0 bridgehead atoms. The number of amides is 1. The van der Waals surface area contributed by atoms with E-state index in [0.717, 1.165) is 5.56 Å². The highest BCUT2D eigenvalue weighted by atomic mass is 16.2. The molecule has 1 heterocycles. The predicted molar refractivity (Wildman–Crippen MR) is 65.4 cm³/mol. The Kier molecular flexibility index (Phi) is 2.77. The summed E-state index contributed by atoms with van der Waals surface area (Å²) in [4.78, 5) is 25.6. The first-order chi connectivity index (χ1) is 7.94. The first-order valence-corrected chi connectivity index (χ1v) is 5.84. The highest BCUT2D eigenvalue weighted by Gasteiger charge is 2.47. The standard InChI is InChI=1S/C14H17NO2/c1-10(11-7-5-4-6-8-11)15-9-12(16)14(2,3)13(15)17/h4-8,10H,9H2,1-3H3/t10-/m1/s1. The molecule has 0 aliphatic carbocycles. The number of benzene rings is 1. The van der Waals surface area contributed by atoms with Gasteiger partial charge in [-0.25, -0.2) is 0 Å². The van der Waals surface area contributed by atoms with E-state index < -0.39 is 5.41 Å². The van der Waals surface area contributed by atoms with Gasteiger partial charge in [-0.3, -0.25) is 9.59 Å². The van der Waals surface area contributed by atoms with Gasteiger partial charge in [-0.1, -0.05) is 30.3 Å². The number of nitrogens with zero attached hydrogens (tertiary/aromatic N) is 1. The molecular weight excluding hydrogens is 214 g/mol. The number of hydrogen-bond donors (Lipinski definition) is 0. The zero-order chi connectivity index (χ0) is 12.6. The van der Waals surface area contributed by atoms with Gasteiger partial charge in [0.05, 0.1) is 12.6 Å². The molecule has 90 valence electrons. The molecule has 3 nitrogen and oxygen atoms in total. The third-order valence-electron chi connectivity index (χ3n) is 3.56. The number of ketones is 1. The summed E-state index contributed by atoms with van der Waals surface area (Å²) in [7, 11) is 0. The van der Waals surface area contributed by atoms with Crippen molar-refractivity contribution in [3.8, 4) is 0 Å². The lowest BCUT2D eigenvalue weighted by atomic mass is 9.91. The smallest absolute Gasteiger partial charge is 0.236 e. The van der Waals surface area contributed by atoms with Gasteiger partial charge in [0.15, 0.2) is 5.78 Å². The van der Waals surface area contributed by atoms with E-state index in [2.05, 4.69) is 0 Å². The summed E-state index contributed by atoms with van der Waals surface area (Å²) in [6.07, 6.45) is 0. The van der Waals surface area contributed by atoms with Crippen LogP contribution in [0.5, 0.6) is 0 Å². The average Bonchev–Trinajstić information content (AvgIpc) is 2.53. The summed E-state index contributed by atoms with van der Waals surface area (Å²) >= 11 is 0. The number of carbonyl (C=O) groups is 2. The first kappa shape index (κ1) is 11.8. The van der Waals surface area contributed by atoms with Crippen LogP contribution in [0.4, 0.5) is 0 Å². The maximum Gasteiger partial charge on any atom is 0.236 e. The van der Waals surface area contributed by atoms with Crippen LogP contribution >= 0.6 is 0 Å². The van der Waals surface area contributed by atoms with E-state index in [1.165, 1.54) is 0 Å². The Morgan fingerprint density at radius 1 is 1.18 bits per heavy atom. The van der Waals surface area contributed by atoms with Crippen molar-refractivity contribution in [1.29, 1.82) is 0 Å². The molecule has 1 amide bonds. The van der Waals surface area contributed by atoms with Crippen molar-refractivity contribution in [3.63, 3.8) is 0 Å². The molecule has 1 aliphatic heterocycles. The van der Waals surface area contributed by atoms with E-state index in [-0.39, 0.29) is 24.3 Å². The SMILES string of the molecule is C[C@H](c1ccccc1)N1CC(=O)C(C)(C)C1=O. The summed E-state index contributed by atoms with van der Waals surface area (Å²) in [5, 5.41) is 0. The van der Waals surface area contributed by atoms with Crippen molar-refractivity contribution >= 4 is 11.7 Å². The lowest BCUT2D eigenvalue weighted by Gasteiger charge is -2.25. The number of rotatable bonds is 2. The van der Waals surface area contributed by atoms with Crippen molar-refractivity contribution in [2.24, 2.45) is 5.41 Å². The van der Waals surface area contributed by atoms with Gasteiger partial charge in [0.1, 0.15) is 5.41 Å². The van der Waals surface area contributed by atoms with Gasteiger partial charge in [0, 0.05) is 0 Å². The molecule has 1 saturated heterocycles. The van der Waals surface area contributed by atoms with Crippen LogP contribution in [-0.4, -0.2) is 23.1 Å². The quantitative estimate of drug-likeness (QED) is 0.732. The molecule has 0 unspecified atom stereocenters. The van der Waals surface area contributed by atoms with Crippen LogP contribution in [0.25, 0.3) is 0 Å². The van der Waals surface area contributed by atoms with Crippen LogP contribution in [0, 0.1) is 5.41 Å². The lowest BCUT2D eigenvalue weighted by Crippen LogP contribution is -2.33. The normalized spacial score (nSPS) is 20.8. The first-order valence-electron chi connectivity index (χ1n) is 5.84. The minimum absolute atomic E-state index is 0.00489. The van der Waals surface area contributed by atoms with Gasteiger partial charge in [-0.05, 0) is 26.3 Å². The van der Waals surface area contributed by atoms with Gasteiger partial charge < -0.3 is 4.90 Å². The van der Waals surface area contributed by atoms with E-state index in [0.29, 0.717) is 0 Å². The van der Waals surface area contributed by atoms with Crippen LogP contribution in [0.1, 0.15) is 32.4 Å². The van der Waals surface area contributed by atoms with E-state index in [1.807, 2.05) is 37.3 Å². The number of hydrogen-bond acceptors (Lipinski definition) is 2. The summed E-state index contributed by atoms with van der Waals surface area (Å²) in [6.45, 7) is 5.59. The Bertz CT molecular complexity index is 451. The van der Waals surface area contributed by atoms with Crippen LogP contribution in [0.3, 0.4) is 0 Å². The Hall–Kier alpha value is -1.64. The molecule has 0 aromatic heterocycles. The molecule has 0 radical (unpaired) electrons. The van der Waals surface area contributed by atoms with Crippen molar-refractivity contribution in [3.05, 3.63) is 35.9 Å². The molecule has 1 fully saturated rings. The fraction of sp³-hybridized carbons (Fsp3) is 0.429. The summed E-state index contributed by atoms with van der Waals surface area (Å²) < 4.78 is 0. The monoisotopic (exact) mass is 231 g/mol. The third kappa shape index (κ3) is 1.86. The topological polar surface area (TPSA) is 37.4 Å². The maximum absolute atomic E-state index is 12.2. The molecule has 1 aromatic rings. The fourth-order valence-electron chi connectivity index (χ4n) is 2.13. The molecule has 2 rings (SSSR count). The van der Waals surface area contributed by atoms with Gasteiger partial charge in [-0.2, -0.15) is 0 Å². The predicted octanol–water partition coefficient (Wildman–Crippen LogP) is 2.19. The minimum Gasteiger partial charge on any atom is -0.328 e. The van der Waals surface area contributed by atoms with Gasteiger partial charge in [0.25, 0.3) is 0 Å². The van der Waals surface area contributed by atoms with Crippen LogP contribution in [0.15, 0.2) is 30.3 Å². The molecule has 0 spiro atoms. The number of carbonyl (C=O) groups excluding carboxylic acids is 2. The van der Waals surface area contributed by atoms with Crippen LogP contribution in [-0.2, 0) is 9.59 Å². The van der Waals surface area contributed by atoms with E-state index in [4.69, 9.17) is 0 Å². The molecule has 17 heavy (non-hydrogen) atoms. The Morgan fingerprint density at radius 2 is 1.76 bits per heavy atom. The molecular formula is C14H17NO2. The van der Waals surface area contributed by atoms with Gasteiger partial charge >= 0.3 is 0 Å². The maximum atomic E-state index is 12.2. The molecule has 1 aliphatic rings. The summed E-state index contributed by atoms with van der Waals surface area (Å²) in [5.74, 6) is -0.0656. The van der Waals surface area contributed by atoms with Gasteiger partial charge in [0.2, 0.25) is 5.91 Å². The molecule has 1 atom stereocenters. The van der Waals surface area contributed by atoms with Crippen LogP contribution in [0.2, 0.25) is 0 Å². The number of Topliss-reactive ketones (excluding diaryl/α,β-unsaturated/α-hetero) is 1. The largest absolute Gasteiger partial charge is 0.328 e. The van der Waals surface area contributed by atoms with Gasteiger partial charge in [-0.15, -0.1) is 0 Å².